The SMILES string of the molecule is C#CCN(C(C(=C)C(=O)OC)c1ccc(Cl)cc1)S(=O)(=O)c1ccc(C)cc1. The largest absolute Gasteiger partial charge is 0.466 e. The Morgan fingerprint density at radius 3 is 2.29 bits per heavy atom. The van der Waals surface area contributed by atoms with Crippen LogP contribution in [0.2, 0.25) is 5.02 Å². The molecule has 0 aliphatic heterocycles. The van der Waals surface area contributed by atoms with Crippen molar-refractivity contribution in [2.45, 2.75) is 17.9 Å². The number of rotatable bonds is 7. The highest BCUT2D eigenvalue weighted by Crippen LogP contribution is 2.33. The van der Waals surface area contributed by atoms with E-state index in [9.17, 15) is 13.2 Å². The highest BCUT2D eigenvalue weighted by atomic mass is 35.5. The van der Waals surface area contributed by atoms with E-state index >= 15 is 0 Å². The van der Waals surface area contributed by atoms with E-state index in [0.717, 1.165) is 9.87 Å². The van der Waals surface area contributed by atoms with Crippen LogP contribution in [0.4, 0.5) is 0 Å². The number of hydrogen-bond donors (Lipinski definition) is 0. The fraction of sp³-hybridized carbons (Fsp3) is 0.190. The van der Waals surface area contributed by atoms with Crippen LogP contribution in [-0.2, 0) is 19.6 Å². The Bertz CT molecular complexity index is 1010. The number of carbonyl (C=O) groups excluding carboxylic acids is 1. The molecule has 0 heterocycles. The Balaban J connectivity index is 2.65. The number of carbonyl (C=O) groups is 1. The molecule has 0 aliphatic carbocycles. The summed E-state index contributed by atoms with van der Waals surface area (Å²) in [6.45, 7) is 5.35. The molecule has 1 unspecified atom stereocenters. The van der Waals surface area contributed by atoms with Gasteiger partial charge in [-0.1, -0.05) is 53.9 Å². The number of benzene rings is 2. The molecule has 5 nitrogen and oxygen atoms in total. The van der Waals surface area contributed by atoms with Gasteiger partial charge in [-0.2, -0.15) is 4.31 Å². The van der Waals surface area contributed by atoms with E-state index in [-0.39, 0.29) is 17.0 Å². The maximum absolute atomic E-state index is 13.3. The van der Waals surface area contributed by atoms with Crippen LogP contribution in [0.5, 0.6) is 0 Å². The zero-order chi connectivity index (χ0) is 20.9. The topological polar surface area (TPSA) is 63.7 Å². The minimum atomic E-state index is -4.03. The molecule has 2 rings (SSSR count). The molecule has 1 atom stereocenters. The van der Waals surface area contributed by atoms with Crippen molar-refractivity contribution in [3.8, 4) is 12.3 Å². The molecule has 0 aliphatic rings. The summed E-state index contributed by atoms with van der Waals surface area (Å²) >= 11 is 5.95. The first-order chi connectivity index (χ1) is 13.2. The number of halogens is 1. The third-order valence-electron chi connectivity index (χ3n) is 4.13. The van der Waals surface area contributed by atoms with Crippen LogP contribution >= 0.6 is 11.6 Å². The third-order valence-corrected chi connectivity index (χ3v) is 6.20. The predicted octanol–water partition coefficient (Wildman–Crippen LogP) is 3.74. The molecule has 0 aromatic heterocycles. The Kier molecular flexibility index (Phi) is 7.03. The minimum absolute atomic E-state index is 0.0595. The Labute approximate surface area is 170 Å². The highest BCUT2D eigenvalue weighted by Gasteiger charge is 2.36. The van der Waals surface area contributed by atoms with Gasteiger partial charge >= 0.3 is 5.97 Å². The van der Waals surface area contributed by atoms with Crippen LogP contribution in [0, 0.1) is 19.3 Å². The molecule has 0 saturated carbocycles. The molecule has 0 saturated heterocycles. The number of ether oxygens (including phenoxy) is 1. The zero-order valence-corrected chi connectivity index (χ0v) is 17.1. The Morgan fingerprint density at radius 1 is 1.21 bits per heavy atom. The predicted molar refractivity (Wildman–Crippen MR) is 109 cm³/mol. The molecule has 0 spiro atoms. The molecule has 146 valence electrons. The van der Waals surface area contributed by atoms with Crippen molar-refractivity contribution in [1.29, 1.82) is 0 Å². The molecule has 0 bridgehead atoms. The van der Waals surface area contributed by atoms with Crippen LogP contribution in [0.1, 0.15) is 17.2 Å². The van der Waals surface area contributed by atoms with E-state index in [1.807, 2.05) is 6.92 Å². The fourth-order valence-corrected chi connectivity index (χ4v) is 4.33. The van der Waals surface area contributed by atoms with Crippen molar-refractivity contribution < 1.29 is 17.9 Å². The summed E-state index contributed by atoms with van der Waals surface area (Å²) in [5.74, 6) is 1.62. The number of terminal acetylenes is 1. The number of esters is 1. The average Bonchev–Trinajstić information content (AvgIpc) is 2.68. The normalized spacial score (nSPS) is 12.2. The Hall–Kier alpha value is -2.59. The van der Waals surface area contributed by atoms with E-state index < -0.39 is 22.0 Å². The average molecular weight is 418 g/mol. The lowest BCUT2D eigenvalue weighted by molar-refractivity contribution is -0.136. The van der Waals surface area contributed by atoms with Crippen molar-refractivity contribution in [2.75, 3.05) is 13.7 Å². The fourth-order valence-electron chi connectivity index (χ4n) is 2.68. The molecule has 2 aromatic rings. The van der Waals surface area contributed by atoms with Gasteiger partial charge in [-0.05, 0) is 36.8 Å². The van der Waals surface area contributed by atoms with Crippen LogP contribution in [0.3, 0.4) is 0 Å². The summed E-state index contributed by atoms with van der Waals surface area (Å²) in [5, 5.41) is 0.469. The number of sulfonamides is 1. The van der Waals surface area contributed by atoms with Gasteiger partial charge in [0.05, 0.1) is 30.2 Å². The Morgan fingerprint density at radius 2 is 1.79 bits per heavy atom. The van der Waals surface area contributed by atoms with E-state index in [1.54, 1.807) is 36.4 Å². The van der Waals surface area contributed by atoms with Gasteiger partial charge in [0.2, 0.25) is 10.0 Å². The van der Waals surface area contributed by atoms with Crippen LogP contribution < -0.4 is 0 Å². The molecule has 2 aromatic carbocycles. The molecule has 0 radical (unpaired) electrons. The van der Waals surface area contributed by atoms with Gasteiger partial charge in [-0.3, -0.25) is 0 Å². The van der Waals surface area contributed by atoms with Crippen LogP contribution in [0.15, 0.2) is 65.6 Å². The summed E-state index contributed by atoms with van der Waals surface area (Å²) in [7, 11) is -2.83. The standard InChI is InChI=1S/C21H20ClNO4S/c1-5-14-23(28(25,26)19-12-6-15(2)7-13-19)20(16(3)21(24)27-4)17-8-10-18(22)11-9-17/h1,6-13,20H,3,14H2,2,4H3. The number of methoxy groups -OCH3 is 1. The van der Waals surface area contributed by atoms with Gasteiger partial charge in [0.15, 0.2) is 0 Å². The molecular formula is C21H20ClNO4S. The van der Waals surface area contributed by atoms with E-state index in [4.69, 9.17) is 22.8 Å². The van der Waals surface area contributed by atoms with Crippen molar-refractivity contribution in [1.82, 2.24) is 4.31 Å². The van der Waals surface area contributed by atoms with E-state index in [2.05, 4.69) is 12.5 Å². The second kappa shape index (κ2) is 9.07. The second-order valence-corrected chi connectivity index (χ2v) is 8.37. The van der Waals surface area contributed by atoms with Gasteiger partial charge in [-0.15, -0.1) is 6.42 Å². The first kappa shape index (κ1) is 21.7. The summed E-state index contributed by atoms with van der Waals surface area (Å²) < 4.78 is 32.5. The number of aryl methyl sites for hydroxylation is 1. The maximum atomic E-state index is 13.3. The maximum Gasteiger partial charge on any atom is 0.335 e. The lowest BCUT2D eigenvalue weighted by Gasteiger charge is -2.30. The number of nitrogens with zero attached hydrogens (tertiary/aromatic N) is 1. The molecule has 0 fully saturated rings. The first-order valence-corrected chi connectivity index (χ1v) is 10.1. The summed E-state index contributed by atoms with van der Waals surface area (Å²) in [5.41, 5.74) is 1.34. The van der Waals surface area contributed by atoms with Gasteiger partial charge in [0.1, 0.15) is 0 Å². The molecule has 0 amide bonds. The van der Waals surface area contributed by atoms with Crippen molar-refractivity contribution in [3.05, 3.63) is 76.8 Å². The van der Waals surface area contributed by atoms with Crippen LogP contribution in [0.25, 0.3) is 0 Å². The van der Waals surface area contributed by atoms with Crippen LogP contribution in [-0.4, -0.2) is 32.3 Å². The van der Waals surface area contributed by atoms with Gasteiger partial charge < -0.3 is 4.74 Å². The summed E-state index contributed by atoms with van der Waals surface area (Å²) in [6, 6.07) is 11.8. The van der Waals surface area contributed by atoms with Crippen molar-refractivity contribution in [3.63, 3.8) is 0 Å². The van der Waals surface area contributed by atoms with Gasteiger partial charge in [0, 0.05) is 5.02 Å². The van der Waals surface area contributed by atoms with E-state index in [0.29, 0.717) is 10.6 Å². The van der Waals surface area contributed by atoms with Gasteiger partial charge in [-0.25, -0.2) is 13.2 Å². The number of hydrogen-bond acceptors (Lipinski definition) is 4. The molecule has 0 N–H and O–H groups in total. The van der Waals surface area contributed by atoms with Crippen molar-refractivity contribution in [2.24, 2.45) is 0 Å². The van der Waals surface area contributed by atoms with Gasteiger partial charge in [0.25, 0.3) is 0 Å². The smallest absolute Gasteiger partial charge is 0.335 e. The molecule has 7 heteroatoms. The van der Waals surface area contributed by atoms with E-state index in [1.165, 1.54) is 19.2 Å². The summed E-state index contributed by atoms with van der Waals surface area (Å²) in [6.07, 6.45) is 5.45. The lowest BCUT2D eigenvalue weighted by atomic mass is 10.00. The lowest BCUT2D eigenvalue weighted by Crippen LogP contribution is -2.37. The summed E-state index contributed by atoms with van der Waals surface area (Å²) in [4.78, 5) is 12.2. The van der Waals surface area contributed by atoms with Crippen molar-refractivity contribution >= 4 is 27.6 Å². The first-order valence-electron chi connectivity index (χ1n) is 8.27. The molecule has 28 heavy (non-hydrogen) atoms. The minimum Gasteiger partial charge on any atom is -0.466 e. The monoisotopic (exact) mass is 417 g/mol. The second-order valence-electron chi connectivity index (χ2n) is 6.04. The third kappa shape index (κ3) is 4.63. The quantitative estimate of drug-likeness (QED) is 0.391. The zero-order valence-electron chi connectivity index (χ0n) is 15.6. The molecular weight excluding hydrogens is 398 g/mol. The highest BCUT2D eigenvalue weighted by molar-refractivity contribution is 7.89.